The number of halogens is 1. The Morgan fingerprint density at radius 2 is 2.22 bits per heavy atom. The second kappa shape index (κ2) is 7.60. The van der Waals surface area contributed by atoms with E-state index in [0.717, 1.165) is 25.3 Å². The summed E-state index contributed by atoms with van der Waals surface area (Å²) in [7, 11) is 1.57. The third-order valence-electron chi connectivity index (χ3n) is 3.88. The highest BCUT2D eigenvalue weighted by atomic mass is 35.5. The van der Waals surface area contributed by atoms with E-state index in [1.807, 2.05) is 16.7 Å². The molecule has 0 unspecified atom stereocenters. The average Bonchev–Trinajstić information content (AvgIpc) is 2.99. The number of hydrogen-bond acceptors (Lipinski definition) is 4. The lowest BCUT2D eigenvalue weighted by atomic mass is 10.1. The van der Waals surface area contributed by atoms with E-state index in [9.17, 15) is 4.79 Å². The molecule has 1 fully saturated rings. The van der Waals surface area contributed by atoms with Crippen molar-refractivity contribution in [3.8, 4) is 5.75 Å². The molecule has 6 heteroatoms. The molecule has 1 aliphatic heterocycles. The summed E-state index contributed by atoms with van der Waals surface area (Å²) in [5.74, 6) is 1.51. The third-order valence-corrected chi connectivity index (χ3v) is 6.56. The van der Waals surface area contributed by atoms with Gasteiger partial charge < -0.3 is 9.64 Å². The maximum absolute atomic E-state index is 12.9. The first-order chi connectivity index (χ1) is 11.2. The van der Waals surface area contributed by atoms with E-state index in [1.165, 1.54) is 4.88 Å². The summed E-state index contributed by atoms with van der Waals surface area (Å²) in [6.45, 7) is 1.51. The molecule has 23 heavy (non-hydrogen) atoms. The van der Waals surface area contributed by atoms with Crippen LogP contribution in [0.2, 0.25) is 5.02 Å². The van der Waals surface area contributed by atoms with Gasteiger partial charge in [0.15, 0.2) is 0 Å². The molecule has 3 nitrogen and oxygen atoms in total. The lowest BCUT2D eigenvalue weighted by Crippen LogP contribution is -2.33. The van der Waals surface area contributed by atoms with Gasteiger partial charge in [0.25, 0.3) is 5.91 Å². The molecule has 3 rings (SSSR count). The minimum atomic E-state index is -0.00298. The Morgan fingerprint density at radius 3 is 2.96 bits per heavy atom. The molecule has 1 aromatic heterocycles. The lowest BCUT2D eigenvalue weighted by Gasteiger charge is -2.21. The van der Waals surface area contributed by atoms with Crippen molar-refractivity contribution >= 4 is 40.6 Å². The van der Waals surface area contributed by atoms with Crippen molar-refractivity contribution in [2.45, 2.75) is 11.7 Å². The first-order valence-electron chi connectivity index (χ1n) is 7.47. The number of ether oxygens (including phenoxy) is 1. The number of carbonyl (C=O) groups is 1. The van der Waals surface area contributed by atoms with E-state index in [2.05, 4.69) is 17.5 Å². The van der Waals surface area contributed by atoms with Crippen LogP contribution in [-0.4, -0.2) is 36.8 Å². The summed E-state index contributed by atoms with van der Waals surface area (Å²) in [4.78, 5) is 16.2. The summed E-state index contributed by atoms with van der Waals surface area (Å²) in [5.41, 5.74) is 0.541. The monoisotopic (exact) mass is 367 g/mol. The summed E-state index contributed by atoms with van der Waals surface area (Å²) >= 11 is 9.77. The van der Waals surface area contributed by atoms with Crippen molar-refractivity contribution in [1.29, 1.82) is 0 Å². The number of thiophene rings is 1. The fourth-order valence-corrected chi connectivity index (χ4v) is 5.10. The quantitative estimate of drug-likeness (QED) is 0.785. The average molecular weight is 368 g/mol. The molecular formula is C17H18ClNO2S2. The van der Waals surface area contributed by atoms with Crippen LogP contribution in [0.25, 0.3) is 0 Å². The van der Waals surface area contributed by atoms with Crippen LogP contribution < -0.4 is 4.74 Å². The van der Waals surface area contributed by atoms with Crippen LogP contribution in [0.4, 0.5) is 0 Å². The van der Waals surface area contributed by atoms with Crippen LogP contribution in [0, 0.1) is 0 Å². The fourth-order valence-electron chi connectivity index (χ4n) is 2.69. The van der Waals surface area contributed by atoms with Crippen molar-refractivity contribution < 1.29 is 9.53 Å². The predicted molar refractivity (Wildman–Crippen MR) is 98.0 cm³/mol. The van der Waals surface area contributed by atoms with Gasteiger partial charge >= 0.3 is 0 Å². The predicted octanol–water partition coefficient (Wildman–Crippen LogP) is 4.73. The lowest BCUT2D eigenvalue weighted by molar-refractivity contribution is 0.0763. The zero-order valence-corrected chi connectivity index (χ0v) is 15.2. The number of methoxy groups -OCH3 is 1. The molecule has 2 aromatic rings. The van der Waals surface area contributed by atoms with Gasteiger partial charge in [0, 0.05) is 34.0 Å². The first-order valence-corrected chi connectivity index (χ1v) is 9.77. The van der Waals surface area contributed by atoms with Gasteiger partial charge in [-0.25, -0.2) is 0 Å². The highest BCUT2D eigenvalue weighted by Crippen LogP contribution is 2.37. The number of hydrogen-bond donors (Lipinski definition) is 0. The van der Waals surface area contributed by atoms with Crippen molar-refractivity contribution in [2.24, 2.45) is 0 Å². The maximum atomic E-state index is 12.9. The zero-order chi connectivity index (χ0) is 16.2. The van der Waals surface area contributed by atoms with Gasteiger partial charge in [-0.15, -0.1) is 11.3 Å². The normalized spacial score (nSPS) is 18.5. The maximum Gasteiger partial charge on any atom is 0.257 e. The molecule has 0 aliphatic carbocycles. The molecule has 1 aliphatic rings. The third kappa shape index (κ3) is 3.84. The van der Waals surface area contributed by atoms with E-state index in [1.54, 1.807) is 36.6 Å². The van der Waals surface area contributed by atoms with Gasteiger partial charge in [-0.1, -0.05) is 17.7 Å². The molecular weight excluding hydrogens is 350 g/mol. The van der Waals surface area contributed by atoms with E-state index < -0.39 is 0 Å². The SMILES string of the molecule is COc1ccc(Cl)cc1C(=O)N1CCS[C@H](c2cccs2)CC1. The number of benzene rings is 1. The van der Waals surface area contributed by atoms with Crippen LogP contribution >= 0.6 is 34.7 Å². The number of rotatable bonds is 3. The molecule has 122 valence electrons. The minimum Gasteiger partial charge on any atom is -0.496 e. The zero-order valence-electron chi connectivity index (χ0n) is 12.8. The summed E-state index contributed by atoms with van der Waals surface area (Å²) in [6.07, 6.45) is 0.972. The van der Waals surface area contributed by atoms with Gasteiger partial charge in [0.05, 0.1) is 12.7 Å². The molecule has 0 saturated carbocycles. The Morgan fingerprint density at radius 1 is 1.35 bits per heavy atom. The second-order valence-corrected chi connectivity index (χ2v) is 8.03. The number of carbonyl (C=O) groups excluding carboxylic acids is 1. The smallest absolute Gasteiger partial charge is 0.257 e. The highest BCUT2D eigenvalue weighted by molar-refractivity contribution is 7.99. The molecule has 1 amide bonds. The van der Waals surface area contributed by atoms with E-state index in [4.69, 9.17) is 16.3 Å². The Labute approximate surface area is 149 Å². The van der Waals surface area contributed by atoms with Crippen LogP contribution in [0.3, 0.4) is 0 Å². The van der Waals surface area contributed by atoms with Crippen molar-refractivity contribution in [3.63, 3.8) is 0 Å². The van der Waals surface area contributed by atoms with Crippen molar-refractivity contribution in [2.75, 3.05) is 26.0 Å². The Bertz CT molecular complexity index is 675. The van der Waals surface area contributed by atoms with Crippen LogP contribution in [0.5, 0.6) is 5.75 Å². The largest absolute Gasteiger partial charge is 0.496 e. The molecule has 0 bridgehead atoms. The van der Waals surface area contributed by atoms with Crippen LogP contribution in [-0.2, 0) is 0 Å². The number of amides is 1. The Balaban J connectivity index is 1.74. The van der Waals surface area contributed by atoms with Crippen LogP contribution in [0.15, 0.2) is 35.7 Å². The molecule has 1 aromatic carbocycles. The van der Waals surface area contributed by atoms with Gasteiger partial charge in [0.2, 0.25) is 0 Å². The van der Waals surface area contributed by atoms with Gasteiger partial charge in [-0.2, -0.15) is 11.8 Å². The first kappa shape index (κ1) is 16.7. The molecule has 1 atom stereocenters. The molecule has 0 radical (unpaired) electrons. The van der Waals surface area contributed by atoms with Crippen molar-refractivity contribution in [3.05, 3.63) is 51.2 Å². The highest BCUT2D eigenvalue weighted by Gasteiger charge is 2.25. The second-order valence-electron chi connectivity index (χ2n) is 5.30. The van der Waals surface area contributed by atoms with Gasteiger partial charge in [-0.3, -0.25) is 4.79 Å². The summed E-state index contributed by atoms with van der Waals surface area (Å²) in [5, 5.41) is 3.14. The fraction of sp³-hybridized carbons (Fsp3) is 0.353. The Kier molecular flexibility index (Phi) is 5.51. The summed E-state index contributed by atoms with van der Waals surface area (Å²) < 4.78 is 5.31. The Hall–Kier alpha value is -1.17. The molecule has 0 N–H and O–H groups in total. The van der Waals surface area contributed by atoms with E-state index in [-0.39, 0.29) is 5.91 Å². The van der Waals surface area contributed by atoms with E-state index >= 15 is 0 Å². The molecule has 1 saturated heterocycles. The minimum absolute atomic E-state index is 0.00298. The van der Waals surface area contributed by atoms with Gasteiger partial charge in [0.1, 0.15) is 5.75 Å². The molecule has 0 spiro atoms. The topological polar surface area (TPSA) is 29.5 Å². The van der Waals surface area contributed by atoms with Crippen LogP contribution in [0.1, 0.15) is 26.9 Å². The number of thioether (sulfide) groups is 1. The summed E-state index contributed by atoms with van der Waals surface area (Å²) in [6, 6.07) is 9.45. The molecule has 2 heterocycles. The standard InChI is InChI=1S/C17H18ClNO2S2/c1-21-14-5-4-12(18)11-13(14)17(20)19-7-6-16(23-10-8-19)15-3-2-9-22-15/h2-5,9,11,16H,6-8,10H2,1H3/t16-/m0/s1. The van der Waals surface area contributed by atoms with Crippen molar-refractivity contribution in [1.82, 2.24) is 4.90 Å². The number of nitrogens with zero attached hydrogens (tertiary/aromatic N) is 1. The van der Waals surface area contributed by atoms with E-state index in [0.29, 0.717) is 21.6 Å². The van der Waals surface area contributed by atoms with Gasteiger partial charge in [-0.05, 0) is 36.1 Å².